The van der Waals surface area contributed by atoms with Crippen LogP contribution in [-0.2, 0) is 14.3 Å². The summed E-state index contributed by atoms with van der Waals surface area (Å²) in [7, 11) is 3.22. The van der Waals surface area contributed by atoms with Gasteiger partial charge in [-0.15, -0.1) is 0 Å². The molecule has 1 fully saturated rings. The first kappa shape index (κ1) is 24.1. The summed E-state index contributed by atoms with van der Waals surface area (Å²) < 4.78 is 22.0. The highest BCUT2D eigenvalue weighted by Crippen LogP contribution is 2.44. The van der Waals surface area contributed by atoms with Gasteiger partial charge < -0.3 is 18.9 Å². The third-order valence-corrected chi connectivity index (χ3v) is 6.19. The second kappa shape index (κ2) is 11.0. The van der Waals surface area contributed by atoms with Crippen molar-refractivity contribution >= 4 is 17.7 Å². The molecule has 0 aliphatic carbocycles. The minimum absolute atomic E-state index is 0.199. The summed E-state index contributed by atoms with van der Waals surface area (Å²) in [6, 6.07) is 24.4. The van der Waals surface area contributed by atoms with Crippen LogP contribution >= 0.6 is 0 Å². The van der Waals surface area contributed by atoms with Crippen LogP contribution in [0.25, 0.3) is 0 Å². The van der Waals surface area contributed by atoms with E-state index >= 15 is 0 Å². The molecular formula is C28H29NO6. The Bertz CT molecular complexity index is 1130. The van der Waals surface area contributed by atoms with Gasteiger partial charge in [0.05, 0.1) is 20.8 Å². The summed E-state index contributed by atoms with van der Waals surface area (Å²) in [6.07, 6.45) is -0.449. The molecule has 0 N–H and O–H groups in total. The van der Waals surface area contributed by atoms with Crippen molar-refractivity contribution in [1.29, 1.82) is 0 Å². The highest BCUT2D eigenvalue weighted by molar-refractivity contribution is 5.91. The van der Waals surface area contributed by atoms with Crippen molar-refractivity contribution in [3.05, 3.63) is 90.0 Å². The fourth-order valence-corrected chi connectivity index (χ4v) is 4.50. The molecule has 1 amide bonds. The molecule has 0 spiro atoms. The number of methoxy groups -OCH3 is 2. The number of ether oxygens (including phenoxy) is 4. The molecule has 3 unspecified atom stereocenters. The summed E-state index contributed by atoms with van der Waals surface area (Å²) in [6.45, 7) is 1.61. The number of amides is 1. The first-order valence-corrected chi connectivity index (χ1v) is 11.5. The van der Waals surface area contributed by atoms with Gasteiger partial charge in [-0.1, -0.05) is 42.5 Å². The fraction of sp³-hybridized carbons (Fsp3) is 0.286. The second-order valence-corrected chi connectivity index (χ2v) is 8.28. The van der Waals surface area contributed by atoms with Crippen LogP contribution in [0.2, 0.25) is 0 Å². The van der Waals surface area contributed by atoms with Crippen molar-refractivity contribution in [2.75, 3.05) is 25.7 Å². The Kier molecular flexibility index (Phi) is 7.55. The van der Waals surface area contributed by atoms with Gasteiger partial charge in [0, 0.05) is 18.5 Å². The monoisotopic (exact) mass is 475 g/mol. The van der Waals surface area contributed by atoms with Gasteiger partial charge >= 0.3 is 12.1 Å². The number of hydrogen-bond donors (Lipinski definition) is 0. The number of nitrogens with zero attached hydrogens (tertiary/aromatic N) is 1. The van der Waals surface area contributed by atoms with Gasteiger partial charge in [0.15, 0.2) is 0 Å². The number of anilines is 1. The molecule has 7 nitrogen and oxygen atoms in total. The zero-order valence-electron chi connectivity index (χ0n) is 20.0. The van der Waals surface area contributed by atoms with Crippen molar-refractivity contribution < 1.29 is 28.5 Å². The van der Waals surface area contributed by atoms with Crippen LogP contribution < -0.4 is 14.4 Å². The van der Waals surface area contributed by atoms with Crippen LogP contribution in [0.3, 0.4) is 0 Å². The zero-order chi connectivity index (χ0) is 24.8. The van der Waals surface area contributed by atoms with E-state index in [9.17, 15) is 9.59 Å². The van der Waals surface area contributed by atoms with Crippen LogP contribution in [0.5, 0.6) is 11.5 Å². The SMILES string of the molecule is COc1ccc(C2C(C(CCOC(C)=O)c3ccccc3)OC(=O)N2c2ccc(OC)cc2)cc1. The molecule has 182 valence electrons. The lowest BCUT2D eigenvalue weighted by Crippen LogP contribution is -2.32. The molecule has 7 heteroatoms. The quantitative estimate of drug-likeness (QED) is 0.380. The first-order chi connectivity index (χ1) is 17.0. The lowest BCUT2D eigenvalue weighted by Gasteiger charge is -2.30. The van der Waals surface area contributed by atoms with Crippen LogP contribution in [-0.4, -0.2) is 39.0 Å². The highest BCUT2D eigenvalue weighted by atomic mass is 16.6. The number of esters is 1. The van der Waals surface area contributed by atoms with Crippen LogP contribution in [0.1, 0.15) is 36.4 Å². The van der Waals surface area contributed by atoms with E-state index in [1.807, 2.05) is 78.9 Å². The Morgan fingerprint density at radius 1 is 0.914 bits per heavy atom. The molecular weight excluding hydrogens is 446 g/mol. The van der Waals surface area contributed by atoms with Crippen molar-refractivity contribution in [3.8, 4) is 11.5 Å². The minimum Gasteiger partial charge on any atom is -0.497 e. The van der Waals surface area contributed by atoms with E-state index in [2.05, 4.69) is 0 Å². The number of rotatable bonds is 9. The second-order valence-electron chi connectivity index (χ2n) is 8.28. The topological polar surface area (TPSA) is 74.3 Å². The van der Waals surface area contributed by atoms with Gasteiger partial charge in [0.25, 0.3) is 0 Å². The van der Waals surface area contributed by atoms with Crippen molar-refractivity contribution in [3.63, 3.8) is 0 Å². The van der Waals surface area contributed by atoms with Gasteiger partial charge in [-0.3, -0.25) is 9.69 Å². The number of hydrogen-bond acceptors (Lipinski definition) is 6. The van der Waals surface area contributed by atoms with E-state index in [1.165, 1.54) is 6.92 Å². The normalized spacial score (nSPS) is 18.0. The molecule has 4 rings (SSSR count). The molecule has 1 aliphatic heterocycles. The summed E-state index contributed by atoms with van der Waals surface area (Å²) in [5, 5.41) is 0. The maximum Gasteiger partial charge on any atom is 0.415 e. The first-order valence-electron chi connectivity index (χ1n) is 11.5. The molecule has 1 aliphatic rings. The molecule has 3 aromatic carbocycles. The minimum atomic E-state index is -0.518. The van der Waals surface area contributed by atoms with Gasteiger partial charge in [0.2, 0.25) is 0 Å². The Labute approximate surface area is 205 Å². The molecule has 3 atom stereocenters. The number of benzene rings is 3. The summed E-state index contributed by atoms with van der Waals surface area (Å²) in [4.78, 5) is 26.4. The smallest absolute Gasteiger partial charge is 0.415 e. The van der Waals surface area contributed by atoms with Gasteiger partial charge in [-0.25, -0.2) is 4.79 Å². The zero-order valence-corrected chi connectivity index (χ0v) is 20.0. The van der Waals surface area contributed by atoms with E-state index in [-0.39, 0.29) is 18.5 Å². The van der Waals surface area contributed by atoms with E-state index in [4.69, 9.17) is 18.9 Å². The van der Waals surface area contributed by atoms with Crippen molar-refractivity contribution in [1.82, 2.24) is 0 Å². The predicted octanol–water partition coefficient (Wildman–Crippen LogP) is 5.51. The Hall–Kier alpha value is -4.00. The van der Waals surface area contributed by atoms with Gasteiger partial charge in [-0.2, -0.15) is 0 Å². The van der Waals surface area contributed by atoms with E-state index < -0.39 is 18.2 Å². The Morgan fingerprint density at radius 2 is 1.51 bits per heavy atom. The van der Waals surface area contributed by atoms with Crippen molar-refractivity contribution in [2.45, 2.75) is 31.4 Å². The number of carbonyl (C=O) groups excluding carboxylic acids is 2. The molecule has 0 bridgehead atoms. The van der Waals surface area contributed by atoms with Crippen LogP contribution in [0.15, 0.2) is 78.9 Å². The highest BCUT2D eigenvalue weighted by Gasteiger charge is 2.47. The third-order valence-electron chi connectivity index (χ3n) is 6.19. The van der Waals surface area contributed by atoms with E-state index in [1.54, 1.807) is 19.1 Å². The molecule has 0 radical (unpaired) electrons. The lowest BCUT2D eigenvalue weighted by atomic mass is 9.84. The van der Waals surface area contributed by atoms with E-state index in [0.717, 1.165) is 16.9 Å². The molecule has 35 heavy (non-hydrogen) atoms. The molecule has 3 aromatic rings. The summed E-state index contributed by atoms with van der Waals surface area (Å²) in [5.41, 5.74) is 2.62. The maximum atomic E-state index is 13.3. The van der Waals surface area contributed by atoms with Gasteiger partial charge in [0.1, 0.15) is 23.6 Å². The molecule has 0 saturated carbocycles. The standard InChI is InChI=1S/C28H29NO6/c1-19(30)34-18-17-25(20-7-5-4-6-8-20)27-26(21-9-13-23(32-2)14-10-21)29(28(31)35-27)22-11-15-24(33-3)16-12-22/h4-16,25-27H,17-18H2,1-3H3. The van der Waals surface area contributed by atoms with Crippen molar-refractivity contribution in [2.24, 2.45) is 0 Å². The van der Waals surface area contributed by atoms with Gasteiger partial charge in [-0.05, 0) is 53.9 Å². The molecule has 0 aromatic heterocycles. The lowest BCUT2D eigenvalue weighted by molar-refractivity contribution is -0.141. The fourth-order valence-electron chi connectivity index (χ4n) is 4.50. The van der Waals surface area contributed by atoms with E-state index in [0.29, 0.717) is 17.9 Å². The van der Waals surface area contributed by atoms with Crippen LogP contribution in [0.4, 0.5) is 10.5 Å². The number of cyclic esters (lactones) is 1. The Balaban J connectivity index is 1.77. The largest absolute Gasteiger partial charge is 0.497 e. The maximum absolute atomic E-state index is 13.3. The number of carbonyl (C=O) groups is 2. The molecule has 1 saturated heterocycles. The summed E-state index contributed by atoms with van der Waals surface area (Å²) >= 11 is 0. The summed E-state index contributed by atoms with van der Waals surface area (Å²) in [5.74, 6) is 0.880. The molecule has 1 heterocycles. The Morgan fingerprint density at radius 3 is 2.09 bits per heavy atom. The van der Waals surface area contributed by atoms with Crippen LogP contribution in [0, 0.1) is 0 Å². The average molecular weight is 476 g/mol. The third kappa shape index (κ3) is 5.40. The predicted molar refractivity (Wildman–Crippen MR) is 132 cm³/mol. The average Bonchev–Trinajstić information content (AvgIpc) is 3.23.